The molecule has 1 heterocycles. The van der Waals surface area contributed by atoms with Gasteiger partial charge in [-0.05, 0) is 39.5 Å². The summed E-state index contributed by atoms with van der Waals surface area (Å²) in [6.07, 6.45) is 0. The van der Waals surface area contributed by atoms with Crippen LogP contribution in [0.2, 0.25) is 0 Å². The van der Waals surface area contributed by atoms with Gasteiger partial charge in [-0.25, -0.2) is 9.37 Å². The number of halogens is 2. The number of imidazole rings is 1. The lowest BCUT2D eigenvalue weighted by molar-refractivity contribution is 0.457. The molecule has 102 valence electrons. The molecule has 0 unspecified atom stereocenters. The van der Waals surface area contributed by atoms with Crippen molar-refractivity contribution in [3.05, 3.63) is 21.5 Å². The van der Waals surface area contributed by atoms with Crippen molar-refractivity contribution in [2.45, 2.75) is 33.7 Å². The van der Waals surface area contributed by atoms with Crippen LogP contribution >= 0.6 is 22.6 Å². The molecule has 2 N–H and O–H groups in total. The summed E-state index contributed by atoms with van der Waals surface area (Å²) in [5.74, 6) is 0.255. The van der Waals surface area contributed by atoms with Gasteiger partial charge in [0, 0.05) is 12.1 Å². The van der Waals surface area contributed by atoms with Crippen molar-refractivity contribution in [1.82, 2.24) is 9.55 Å². The first-order chi connectivity index (χ1) is 8.68. The van der Waals surface area contributed by atoms with Crippen LogP contribution in [0.1, 0.15) is 33.7 Å². The van der Waals surface area contributed by atoms with E-state index in [2.05, 4.69) is 32.7 Å². The van der Waals surface area contributed by atoms with E-state index in [1.54, 1.807) is 12.1 Å². The molecule has 5 heteroatoms. The van der Waals surface area contributed by atoms with Crippen LogP contribution in [-0.2, 0) is 0 Å². The molecule has 2 aromatic rings. The normalized spacial score (nSPS) is 20.9. The van der Waals surface area contributed by atoms with E-state index in [4.69, 9.17) is 5.73 Å². The molecule has 3 nitrogen and oxygen atoms in total. The highest BCUT2D eigenvalue weighted by molar-refractivity contribution is 14.1. The van der Waals surface area contributed by atoms with Gasteiger partial charge in [-0.3, -0.25) is 0 Å². The smallest absolute Gasteiger partial charge is 0.201 e. The number of benzene rings is 1. The average Bonchev–Trinajstić information content (AvgIpc) is 2.54. The van der Waals surface area contributed by atoms with Crippen LogP contribution in [0.15, 0.2) is 12.1 Å². The van der Waals surface area contributed by atoms with Crippen LogP contribution in [0, 0.1) is 20.2 Å². The highest BCUT2D eigenvalue weighted by Crippen LogP contribution is 2.72. The number of hydrogen-bond donors (Lipinski definition) is 1. The van der Waals surface area contributed by atoms with Crippen molar-refractivity contribution < 1.29 is 4.39 Å². The molecule has 0 atom stereocenters. The molecule has 1 aliphatic carbocycles. The predicted molar refractivity (Wildman–Crippen MR) is 83.4 cm³/mol. The van der Waals surface area contributed by atoms with Crippen LogP contribution in [0.4, 0.5) is 10.3 Å². The molecule has 0 amide bonds. The summed E-state index contributed by atoms with van der Waals surface area (Å²) < 4.78 is 16.4. The van der Waals surface area contributed by atoms with Gasteiger partial charge in [-0.2, -0.15) is 0 Å². The van der Waals surface area contributed by atoms with Gasteiger partial charge in [0.1, 0.15) is 5.82 Å². The number of nitrogens with zero attached hydrogens (tertiary/aromatic N) is 2. The maximum Gasteiger partial charge on any atom is 0.201 e. The predicted octanol–water partition coefficient (Wildman–Crippen LogP) is 3.97. The average molecular weight is 373 g/mol. The van der Waals surface area contributed by atoms with E-state index < -0.39 is 0 Å². The Bertz CT molecular complexity index is 674. The van der Waals surface area contributed by atoms with Crippen molar-refractivity contribution in [3.8, 4) is 0 Å². The quantitative estimate of drug-likeness (QED) is 0.769. The number of aromatic nitrogens is 2. The summed E-state index contributed by atoms with van der Waals surface area (Å²) in [6, 6.07) is 3.55. The van der Waals surface area contributed by atoms with Gasteiger partial charge >= 0.3 is 0 Å². The van der Waals surface area contributed by atoms with Crippen LogP contribution in [0.3, 0.4) is 0 Å². The van der Waals surface area contributed by atoms with Crippen LogP contribution in [0.5, 0.6) is 0 Å². The van der Waals surface area contributed by atoms with Crippen molar-refractivity contribution in [1.29, 1.82) is 0 Å². The molecule has 19 heavy (non-hydrogen) atoms. The standard InChI is InChI=1S/C14H17FIN3/c1-13(2)11(14(13,3)4)19-10-5-7(15)8(16)6-9(10)18-12(19)17/h5-6,11H,1-4H3,(H2,17,18). The lowest BCUT2D eigenvalue weighted by Crippen LogP contribution is -2.05. The van der Waals surface area contributed by atoms with Crippen LogP contribution < -0.4 is 5.73 Å². The van der Waals surface area contributed by atoms with Crippen molar-refractivity contribution in [2.24, 2.45) is 10.8 Å². The van der Waals surface area contributed by atoms with Crippen LogP contribution in [-0.4, -0.2) is 9.55 Å². The Hall–Kier alpha value is -0.850. The van der Waals surface area contributed by atoms with Crippen molar-refractivity contribution >= 4 is 39.6 Å². The second-order valence-electron chi connectivity index (χ2n) is 6.44. The van der Waals surface area contributed by atoms with Gasteiger partial charge in [0.05, 0.1) is 14.6 Å². The fraction of sp³-hybridized carbons (Fsp3) is 0.500. The molecule has 1 saturated carbocycles. The third kappa shape index (κ3) is 1.57. The molecule has 0 radical (unpaired) electrons. The van der Waals surface area contributed by atoms with Gasteiger partial charge in [-0.1, -0.05) is 27.7 Å². The molecule has 0 saturated heterocycles. The minimum absolute atomic E-state index is 0.133. The van der Waals surface area contributed by atoms with Gasteiger partial charge in [0.25, 0.3) is 0 Å². The molecule has 1 aromatic carbocycles. The topological polar surface area (TPSA) is 43.8 Å². The Balaban J connectivity index is 2.26. The second kappa shape index (κ2) is 3.62. The fourth-order valence-corrected chi connectivity index (χ4v) is 3.64. The summed E-state index contributed by atoms with van der Waals surface area (Å²) >= 11 is 1.98. The summed E-state index contributed by atoms with van der Waals surface area (Å²) in [4.78, 5) is 4.38. The summed E-state index contributed by atoms with van der Waals surface area (Å²) in [5.41, 5.74) is 7.89. The third-order valence-electron chi connectivity index (χ3n) is 4.96. The van der Waals surface area contributed by atoms with E-state index in [9.17, 15) is 4.39 Å². The fourth-order valence-electron chi connectivity index (χ4n) is 3.19. The summed E-state index contributed by atoms with van der Waals surface area (Å²) in [5, 5.41) is 0. The zero-order valence-corrected chi connectivity index (χ0v) is 13.6. The van der Waals surface area contributed by atoms with E-state index in [0.717, 1.165) is 11.0 Å². The number of hydrogen-bond acceptors (Lipinski definition) is 2. The van der Waals surface area contributed by atoms with E-state index in [1.165, 1.54) is 0 Å². The first-order valence-electron chi connectivity index (χ1n) is 6.30. The molecule has 1 aliphatic rings. The van der Waals surface area contributed by atoms with Crippen molar-refractivity contribution in [2.75, 3.05) is 5.73 Å². The summed E-state index contributed by atoms with van der Waals surface area (Å²) in [7, 11) is 0. The number of nitrogen functional groups attached to an aromatic ring is 1. The number of rotatable bonds is 1. The van der Waals surface area contributed by atoms with E-state index in [-0.39, 0.29) is 22.7 Å². The first-order valence-corrected chi connectivity index (χ1v) is 7.38. The maximum absolute atomic E-state index is 13.8. The molecule has 0 aliphatic heterocycles. The zero-order chi connectivity index (χ0) is 14.2. The van der Waals surface area contributed by atoms with Gasteiger partial charge in [0.15, 0.2) is 0 Å². The van der Waals surface area contributed by atoms with E-state index in [0.29, 0.717) is 9.52 Å². The molecule has 0 bridgehead atoms. The molecule has 1 aromatic heterocycles. The Morgan fingerprint density at radius 3 is 2.37 bits per heavy atom. The highest BCUT2D eigenvalue weighted by atomic mass is 127. The molecule has 3 rings (SSSR count). The van der Waals surface area contributed by atoms with E-state index in [1.807, 2.05) is 27.2 Å². The molecule has 0 spiro atoms. The minimum Gasteiger partial charge on any atom is -0.369 e. The summed E-state index contributed by atoms with van der Waals surface area (Å²) in [6.45, 7) is 8.86. The van der Waals surface area contributed by atoms with Gasteiger partial charge in [-0.15, -0.1) is 0 Å². The van der Waals surface area contributed by atoms with Crippen LogP contribution in [0.25, 0.3) is 11.0 Å². The number of fused-ring (bicyclic) bond motifs is 1. The first kappa shape index (κ1) is 13.1. The molecular formula is C14H17FIN3. The Kier molecular flexibility index (Phi) is 2.51. The van der Waals surface area contributed by atoms with Gasteiger partial charge < -0.3 is 10.3 Å². The number of nitrogens with two attached hydrogens (primary N) is 1. The third-order valence-corrected chi connectivity index (χ3v) is 5.79. The monoisotopic (exact) mass is 373 g/mol. The minimum atomic E-state index is -0.217. The highest BCUT2D eigenvalue weighted by Gasteiger charge is 2.66. The number of anilines is 1. The lowest BCUT2D eigenvalue weighted by atomic mass is 10.0. The molecular weight excluding hydrogens is 356 g/mol. The molecule has 1 fully saturated rings. The Labute approximate surface area is 125 Å². The second-order valence-corrected chi connectivity index (χ2v) is 7.60. The SMILES string of the molecule is CC1(C)C(n2c(N)nc3cc(I)c(F)cc32)C1(C)C. The zero-order valence-electron chi connectivity index (χ0n) is 11.5. The van der Waals surface area contributed by atoms with E-state index >= 15 is 0 Å². The maximum atomic E-state index is 13.8. The Morgan fingerprint density at radius 2 is 1.84 bits per heavy atom. The van der Waals surface area contributed by atoms with Crippen molar-refractivity contribution in [3.63, 3.8) is 0 Å². The lowest BCUT2D eigenvalue weighted by Gasteiger charge is -2.09. The largest absolute Gasteiger partial charge is 0.369 e. The van der Waals surface area contributed by atoms with Gasteiger partial charge in [0.2, 0.25) is 5.95 Å². The Morgan fingerprint density at radius 1 is 1.26 bits per heavy atom.